The average molecular weight is 225 g/mol. The summed E-state index contributed by atoms with van der Waals surface area (Å²) in [7, 11) is 1.22. The number of ether oxygens (including phenoxy) is 1. The van der Waals surface area contributed by atoms with Gasteiger partial charge in [-0.3, -0.25) is 4.79 Å². The Bertz CT molecular complexity index is 406. The molecule has 1 atom stereocenters. The van der Waals surface area contributed by atoms with Gasteiger partial charge in [0.05, 0.1) is 12.7 Å². The topological polar surface area (TPSA) is 55.4 Å². The zero-order valence-corrected chi connectivity index (χ0v) is 8.99. The molecular weight excluding hydrogens is 213 g/mol. The molecule has 1 N–H and O–H groups in total. The molecule has 0 spiro atoms. The van der Waals surface area contributed by atoms with Crippen LogP contribution in [0.25, 0.3) is 0 Å². The minimum atomic E-state index is -0.808. The van der Waals surface area contributed by atoms with Crippen molar-refractivity contribution >= 4 is 11.9 Å². The van der Waals surface area contributed by atoms with Crippen LogP contribution < -0.4 is 5.32 Å². The summed E-state index contributed by atoms with van der Waals surface area (Å²) in [4.78, 5) is 22.6. The Morgan fingerprint density at radius 1 is 1.38 bits per heavy atom. The van der Waals surface area contributed by atoms with E-state index in [4.69, 9.17) is 0 Å². The third-order valence-electron chi connectivity index (χ3n) is 2.02. The number of halogens is 1. The van der Waals surface area contributed by atoms with Gasteiger partial charge in [0.15, 0.2) is 0 Å². The summed E-state index contributed by atoms with van der Waals surface area (Å²) < 4.78 is 17.6. The summed E-state index contributed by atoms with van der Waals surface area (Å²) in [5.41, 5.74) is -0.0988. The van der Waals surface area contributed by atoms with Crippen LogP contribution in [0.1, 0.15) is 17.3 Å². The molecule has 1 amide bonds. The third kappa shape index (κ3) is 2.79. The Hall–Kier alpha value is -1.91. The molecule has 0 bridgehead atoms. The SMILES string of the molecule is COC(=O)C(C)NC(=O)c1ccccc1F. The number of methoxy groups -OCH3 is 1. The highest BCUT2D eigenvalue weighted by atomic mass is 19.1. The van der Waals surface area contributed by atoms with E-state index < -0.39 is 23.7 Å². The lowest BCUT2D eigenvalue weighted by Crippen LogP contribution is -2.39. The van der Waals surface area contributed by atoms with E-state index in [-0.39, 0.29) is 5.56 Å². The predicted molar refractivity (Wildman–Crippen MR) is 55.3 cm³/mol. The number of amides is 1. The molecule has 0 fully saturated rings. The molecule has 5 heteroatoms. The van der Waals surface area contributed by atoms with Crippen molar-refractivity contribution < 1.29 is 18.7 Å². The molecule has 1 unspecified atom stereocenters. The summed E-state index contributed by atoms with van der Waals surface area (Å²) in [6, 6.07) is 4.74. The maximum absolute atomic E-state index is 13.2. The standard InChI is InChI=1S/C11H12FNO3/c1-7(11(15)16-2)13-10(14)8-5-3-4-6-9(8)12/h3-7H,1-2H3,(H,13,14). The van der Waals surface area contributed by atoms with Crippen molar-refractivity contribution in [2.45, 2.75) is 13.0 Å². The second kappa shape index (κ2) is 5.25. The fourth-order valence-electron chi connectivity index (χ4n) is 1.16. The fraction of sp³-hybridized carbons (Fsp3) is 0.273. The van der Waals surface area contributed by atoms with Gasteiger partial charge in [0.2, 0.25) is 0 Å². The molecule has 0 aliphatic heterocycles. The second-order valence-corrected chi connectivity index (χ2v) is 3.20. The Kier molecular flexibility index (Phi) is 3.99. The van der Waals surface area contributed by atoms with E-state index in [2.05, 4.69) is 10.1 Å². The fourth-order valence-corrected chi connectivity index (χ4v) is 1.16. The van der Waals surface area contributed by atoms with Crippen molar-refractivity contribution in [1.82, 2.24) is 5.32 Å². The highest BCUT2D eigenvalue weighted by molar-refractivity contribution is 5.96. The van der Waals surface area contributed by atoms with Crippen LogP contribution >= 0.6 is 0 Å². The number of benzene rings is 1. The molecule has 1 rings (SSSR count). The molecule has 16 heavy (non-hydrogen) atoms. The molecule has 1 aromatic rings. The molecule has 1 aromatic carbocycles. The predicted octanol–water partition coefficient (Wildman–Crippen LogP) is 1.12. The van der Waals surface area contributed by atoms with Gasteiger partial charge in [-0.05, 0) is 19.1 Å². The monoisotopic (exact) mass is 225 g/mol. The van der Waals surface area contributed by atoms with Crippen LogP contribution in [0.2, 0.25) is 0 Å². The molecule has 0 aliphatic carbocycles. The summed E-state index contributed by atoms with van der Waals surface area (Å²) in [5.74, 6) is -1.85. The van der Waals surface area contributed by atoms with Crippen LogP contribution in [0.15, 0.2) is 24.3 Å². The molecule has 0 aliphatic rings. The molecular formula is C11H12FNO3. The van der Waals surface area contributed by atoms with Crippen LogP contribution in [0, 0.1) is 5.82 Å². The van der Waals surface area contributed by atoms with Gasteiger partial charge < -0.3 is 10.1 Å². The Labute approximate surface area is 92.4 Å². The maximum atomic E-state index is 13.2. The van der Waals surface area contributed by atoms with E-state index in [1.54, 1.807) is 6.07 Å². The number of carbonyl (C=O) groups is 2. The first kappa shape index (κ1) is 12.2. The number of carbonyl (C=O) groups excluding carboxylic acids is 2. The zero-order valence-electron chi connectivity index (χ0n) is 8.99. The minimum absolute atomic E-state index is 0.0988. The van der Waals surface area contributed by atoms with E-state index in [1.165, 1.54) is 32.2 Å². The van der Waals surface area contributed by atoms with E-state index in [1.807, 2.05) is 0 Å². The minimum Gasteiger partial charge on any atom is -0.467 e. The molecule has 4 nitrogen and oxygen atoms in total. The summed E-state index contributed by atoms with van der Waals surface area (Å²) in [6.07, 6.45) is 0. The maximum Gasteiger partial charge on any atom is 0.328 e. The van der Waals surface area contributed by atoms with Gasteiger partial charge in [0, 0.05) is 0 Å². The van der Waals surface area contributed by atoms with Gasteiger partial charge in [-0.25, -0.2) is 9.18 Å². The molecule has 0 radical (unpaired) electrons. The summed E-state index contributed by atoms with van der Waals surface area (Å²) in [6.45, 7) is 1.46. The highest BCUT2D eigenvalue weighted by Gasteiger charge is 2.18. The van der Waals surface area contributed by atoms with Crippen LogP contribution in [0.4, 0.5) is 4.39 Å². The number of nitrogens with one attached hydrogen (secondary N) is 1. The van der Waals surface area contributed by atoms with E-state index >= 15 is 0 Å². The molecule has 0 aromatic heterocycles. The van der Waals surface area contributed by atoms with Crippen molar-refractivity contribution in [3.8, 4) is 0 Å². The quantitative estimate of drug-likeness (QED) is 0.784. The van der Waals surface area contributed by atoms with Crippen LogP contribution in [-0.2, 0) is 9.53 Å². The zero-order chi connectivity index (χ0) is 12.1. The Balaban J connectivity index is 2.73. The molecule has 0 heterocycles. The second-order valence-electron chi connectivity index (χ2n) is 3.20. The van der Waals surface area contributed by atoms with Gasteiger partial charge >= 0.3 is 5.97 Å². The number of rotatable bonds is 3. The largest absolute Gasteiger partial charge is 0.467 e. The average Bonchev–Trinajstić information content (AvgIpc) is 2.28. The van der Waals surface area contributed by atoms with Gasteiger partial charge in [0.1, 0.15) is 11.9 Å². The Morgan fingerprint density at radius 3 is 2.56 bits per heavy atom. The van der Waals surface area contributed by atoms with Gasteiger partial charge in [-0.2, -0.15) is 0 Å². The van der Waals surface area contributed by atoms with Crippen molar-refractivity contribution in [3.05, 3.63) is 35.6 Å². The van der Waals surface area contributed by atoms with Crippen molar-refractivity contribution in [2.24, 2.45) is 0 Å². The first-order valence-electron chi connectivity index (χ1n) is 4.69. The van der Waals surface area contributed by atoms with Gasteiger partial charge in [-0.1, -0.05) is 12.1 Å². The van der Waals surface area contributed by atoms with E-state index in [0.29, 0.717) is 0 Å². The number of hydrogen-bond acceptors (Lipinski definition) is 3. The summed E-state index contributed by atoms with van der Waals surface area (Å²) in [5, 5.41) is 2.33. The number of esters is 1. The van der Waals surface area contributed by atoms with E-state index in [0.717, 1.165) is 0 Å². The van der Waals surface area contributed by atoms with E-state index in [9.17, 15) is 14.0 Å². The molecule has 0 saturated carbocycles. The van der Waals surface area contributed by atoms with Gasteiger partial charge in [-0.15, -0.1) is 0 Å². The van der Waals surface area contributed by atoms with Crippen LogP contribution in [0.5, 0.6) is 0 Å². The highest BCUT2D eigenvalue weighted by Crippen LogP contribution is 2.06. The lowest BCUT2D eigenvalue weighted by atomic mass is 10.2. The molecule has 0 saturated heterocycles. The smallest absolute Gasteiger partial charge is 0.328 e. The van der Waals surface area contributed by atoms with Crippen LogP contribution in [0.3, 0.4) is 0 Å². The van der Waals surface area contributed by atoms with Crippen molar-refractivity contribution in [2.75, 3.05) is 7.11 Å². The number of hydrogen-bond donors (Lipinski definition) is 1. The first-order chi connectivity index (χ1) is 7.56. The third-order valence-corrected chi connectivity index (χ3v) is 2.02. The van der Waals surface area contributed by atoms with Gasteiger partial charge in [0.25, 0.3) is 5.91 Å². The lowest BCUT2D eigenvalue weighted by Gasteiger charge is -2.11. The van der Waals surface area contributed by atoms with Crippen molar-refractivity contribution in [3.63, 3.8) is 0 Å². The molecule has 86 valence electrons. The first-order valence-corrected chi connectivity index (χ1v) is 4.69. The summed E-state index contributed by atoms with van der Waals surface area (Å²) >= 11 is 0. The lowest BCUT2D eigenvalue weighted by molar-refractivity contribution is -0.142. The Morgan fingerprint density at radius 2 is 2.00 bits per heavy atom. The normalized spacial score (nSPS) is 11.7. The van der Waals surface area contributed by atoms with Crippen molar-refractivity contribution in [1.29, 1.82) is 0 Å². The van der Waals surface area contributed by atoms with Crippen LogP contribution in [-0.4, -0.2) is 25.0 Å².